The van der Waals surface area contributed by atoms with Crippen LogP contribution in [-0.4, -0.2) is 32.7 Å². The van der Waals surface area contributed by atoms with Crippen molar-refractivity contribution in [3.63, 3.8) is 0 Å². The van der Waals surface area contributed by atoms with Crippen molar-refractivity contribution in [2.45, 2.75) is 6.92 Å². The van der Waals surface area contributed by atoms with Gasteiger partial charge in [-0.1, -0.05) is 18.2 Å². The van der Waals surface area contributed by atoms with Crippen LogP contribution in [0.15, 0.2) is 42.5 Å². The molecule has 1 heterocycles. The normalized spacial score (nSPS) is 10.5. The number of thiophene rings is 1. The molecule has 0 spiro atoms. The Morgan fingerprint density at radius 3 is 2.56 bits per heavy atom. The summed E-state index contributed by atoms with van der Waals surface area (Å²) in [6.45, 7) is 2.00. The van der Waals surface area contributed by atoms with Gasteiger partial charge in [-0.15, -0.1) is 11.3 Å². The number of ether oxygens (including phenoxy) is 3. The van der Waals surface area contributed by atoms with Crippen molar-refractivity contribution in [2.24, 2.45) is 0 Å². The van der Waals surface area contributed by atoms with Crippen LogP contribution in [-0.2, 0) is 4.74 Å². The molecule has 3 rings (SSSR count). The lowest BCUT2D eigenvalue weighted by Crippen LogP contribution is -2.15. The van der Waals surface area contributed by atoms with Gasteiger partial charge in [-0.2, -0.15) is 0 Å². The van der Waals surface area contributed by atoms with Crippen LogP contribution in [0.1, 0.15) is 27.6 Å². The van der Waals surface area contributed by atoms with Crippen molar-refractivity contribution in [2.75, 3.05) is 26.1 Å². The first kappa shape index (κ1) is 18.7. The number of hydrogen-bond donors (Lipinski definition) is 1. The van der Waals surface area contributed by atoms with Gasteiger partial charge in [0.1, 0.15) is 22.1 Å². The number of carbonyl (C=O) groups is 2. The minimum absolute atomic E-state index is 0.253. The van der Waals surface area contributed by atoms with Crippen molar-refractivity contribution in [1.82, 2.24) is 0 Å². The Morgan fingerprint density at radius 1 is 1.07 bits per heavy atom. The molecule has 7 heteroatoms. The van der Waals surface area contributed by atoms with E-state index in [2.05, 4.69) is 5.32 Å². The van der Waals surface area contributed by atoms with Gasteiger partial charge in [-0.3, -0.25) is 4.79 Å². The summed E-state index contributed by atoms with van der Waals surface area (Å²) in [6.07, 6.45) is 0. The highest BCUT2D eigenvalue weighted by molar-refractivity contribution is 7.23. The maximum absolute atomic E-state index is 12.8. The standard InChI is InChI=1S/C20H19NO5S/c1-4-26-20(23)17-14-7-5-6-8-16(14)27-19(17)21-18(22)13-10-9-12(24-2)11-15(13)25-3/h5-11H,4H2,1-3H3,(H,21,22). The number of fused-ring (bicyclic) bond motifs is 1. The first-order valence-electron chi connectivity index (χ1n) is 8.31. The van der Waals surface area contributed by atoms with Crippen LogP contribution in [0.25, 0.3) is 10.1 Å². The number of esters is 1. The van der Waals surface area contributed by atoms with Crippen molar-refractivity contribution >= 4 is 38.3 Å². The van der Waals surface area contributed by atoms with Crippen LogP contribution in [0.2, 0.25) is 0 Å². The Bertz CT molecular complexity index is 995. The van der Waals surface area contributed by atoms with Crippen LogP contribution >= 0.6 is 11.3 Å². The first-order chi connectivity index (χ1) is 13.1. The Morgan fingerprint density at radius 2 is 1.85 bits per heavy atom. The predicted octanol–water partition coefficient (Wildman–Crippen LogP) is 4.35. The van der Waals surface area contributed by atoms with Gasteiger partial charge >= 0.3 is 5.97 Å². The quantitative estimate of drug-likeness (QED) is 0.639. The highest BCUT2D eigenvalue weighted by Gasteiger charge is 2.23. The van der Waals surface area contributed by atoms with E-state index in [1.807, 2.05) is 24.3 Å². The highest BCUT2D eigenvalue weighted by atomic mass is 32.1. The Kier molecular flexibility index (Phi) is 5.61. The van der Waals surface area contributed by atoms with Crippen molar-refractivity contribution in [1.29, 1.82) is 0 Å². The van der Waals surface area contributed by atoms with Crippen molar-refractivity contribution in [3.05, 3.63) is 53.6 Å². The average Bonchev–Trinajstić information content (AvgIpc) is 3.05. The van der Waals surface area contributed by atoms with Crippen LogP contribution < -0.4 is 14.8 Å². The van der Waals surface area contributed by atoms with E-state index in [1.54, 1.807) is 25.1 Å². The van der Waals surface area contributed by atoms with Gasteiger partial charge in [0.05, 0.1) is 26.4 Å². The minimum atomic E-state index is -0.466. The third-order valence-corrected chi connectivity index (χ3v) is 5.04. The van der Waals surface area contributed by atoms with E-state index in [9.17, 15) is 9.59 Å². The molecule has 6 nitrogen and oxygen atoms in total. The Hall–Kier alpha value is -3.06. The van der Waals surface area contributed by atoms with Gasteiger partial charge in [-0.05, 0) is 25.1 Å². The summed E-state index contributed by atoms with van der Waals surface area (Å²) in [5, 5.41) is 4.02. The van der Waals surface area contributed by atoms with E-state index in [0.717, 1.165) is 10.1 Å². The van der Waals surface area contributed by atoms with Crippen molar-refractivity contribution < 1.29 is 23.8 Å². The summed E-state index contributed by atoms with van der Waals surface area (Å²) in [4.78, 5) is 25.3. The molecule has 27 heavy (non-hydrogen) atoms. The molecule has 140 valence electrons. The van der Waals surface area contributed by atoms with Crippen LogP contribution in [0.3, 0.4) is 0 Å². The fourth-order valence-electron chi connectivity index (χ4n) is 2.70. The molecule has 0 aliphatic heterocycles. The molecule has 1 aromatic heterocycles. The van der Waals surface area contributed by atoms with Gasteiger partial charge in [0.2, 0.25) is 0 Å². The molecule has 0 aliphatic rings. The minimum Gasteiger partial charge on any atom is -0.497 e. The van der Waals surface area contributed by atoms with Crippen LogP contribution in [0.4, 0.5) is 5.00 Å². The van der Waals surface area contributed by atoms with E-state index in [0.29, 0.717) is 27.6 Å². The number of nitrogens with one attached hydrogen (secondary N) is 1. The summed E-state index contributed by atoms with van der Waals surface area (Å²) in [7, 11) is 3.02. The van der Waals surface area contributed by atoms with E-state index >= 15 is 0 Å². The molecule has 3 aromatic rings. The zero-order valence-electron chi connectivity index (χ0n) is 15.2. The number of hydrogen-bond acceptors (Lipinski definition) is 6. The highest BCUT2D eigenvalue weighted by Crippen LogP contribution is 2.37. The van der Waals surface area contributed by atoms with Crippen LogP contribution in [0, 0.1) is 0 Å². The molecule has 0 aliphatic carbocycles. The smallest absolute Gasteiger partial charge is 0.341 e. The SMILES string of the molecule is CCOC(=O)c1c(NC(=O)c2ccc(OC)cc2OC)sc2ccccc12. The van der Waals surface area contributed by atoms with E-state index in [-0.39, 0.29) is 12.5 Å². The second-order valence-electron chi connectivity index (χ2n) is 5.54. The summed E-state index contributed by atoms with van der Waals surface area (Å²) < 4.78 is 16.5. The molecule has 1 amide bonds. The van der Waals surface area contributed by atoms with E-state index < -0.39 is 5.97 Å². The Labute approximate surface area is 160 Å². The molecule has 0 atom stereocenters. The molecular weight excluding hydrogens is 366 g/mol. The molecule has 1 N–H and O–H groups in total. The number of rotatable bonds is 6. The zero-order chi connectivity index (χ0) is 19.4. The molecule has 0 fully saturated rings. The molecular formula is C20H19NO5S. The largest absolute Gasteiger partial charge is 0.497 e. The third-order valence-electron chi connectivity index (χ3n) is 3.96. The summed E-state index contributed by atoms with van der Waals surface area (Å²) in [6, 6.07) is 12.4. The molecule has 0 radical (unpaired) electrons. The summed E-state index contributed by atoms with van der Waals surface area (Å²) in [5.41, 5.74) is 0.698. The second-order valence-corrected chi connectivity index (χ2v) is 6.60. The van der Waals surface area contributed by atoms with Gasteiger partial charge in [0.15, 0.2) is 0 Å². The van der Waals surface area contributed by atoms with E-state index in [1.165, 1.54) is 25.6 Å². The maximum atomic E-state index is 12.8. The molecule has 0 bridgehead atoms. The topological polar surface area (TPSA) is 73.9 Å². The monoisotopic (exact) mass is 385 g/mol. The summed E-state index contributed by atoms with van der Waals surface area (Å²) in [5.74, 6) is 0.113. The van der Waals surface area contributed by atoms with E-state index in [4.69, 9.17) is 14.2 Å². The van der Waals surface area contributed by atoms with Gasteiger partial charge in [-0.25, -0.2) is 4.79 Å². The summed E-state index contributed by atoms with van der Waals surface area (Å²) >= 11 is 1.32. The van der Waals surface area contributed by atoms with Gasteiger partial charge in [0, 0.05) is 16.2 Å². The molecule has 0 unspecified atom stereocenters. The average molecular weight is 385 g/mol. The second kappa shape index (κ2) is 8.09. The molecule has 2 aromatic carbocycles. The number of anilines is 1. The fourth-order valence-corrected chi connectivity index (χ4v) is 3.78. The molecule has 0 saturated carbocycles. The maximum Gasteiger partial charge on any atom is 0.341 e. The van der Waals surface area contributed by atoms with Gasteiger partial charge < -0.3 is 19.5 Å². The number of carbonyl (C=O) groups excluding carboxylic acids is 2. The first-order valence-corrected chi connectivity index (χ1v) is 9.12. The number of methoxy groups -OCH3 is 2. The lowest BCUT2D eigenvalue weighted by molar-refractivity contribution is 0.0530. The van der Waals surface area contributed by atoms with Crippen LogP contribution in [0.5, 0.6) is 11.5 Å². The molecule has 0 saturated heterocycles. The van der Waals surface area contributed by atoms with Gasteiger partial charge in [0.25, 0.3) is 5.91 Å². The van der Waals surface area contributed by atoms with Crippen molar-refractivity contribution in [3.8, 4) is 11.5 Å². The number of amides is 1. The lowest BCUT2D eigenvalue weighted by Gasteiger charge is -2.11. The number of benzene rings is 2. The zero-order valence-corrected chi connectivity index (χ0v) is 16.0. The Balaban J connectivity index is 2.00. The lowest BCUT2D eigenvalue weighted by atomic mass is 10.1. The predicted molar refractivity (Wildman–Crippen MR) is 105 cm³/mol. The fraction of sp³-hybridized carbons (Fsp3) is 0.200. The third kappa shape index (κ3) is 3.73.